The summed E-state index contributed by atoms with van der Waals surface area (Å²) in [7, 11) is 0. The zero-order valence-electron chi connectivity index (χ0n) is 9.47. The smallest absolute Gasteiger partial charge is 0.253 e. The van der Waals surface area contributed by atoms with E-state index in [0.717, 1.165) is 12.8 Å². The van der Waals surface area contributed by atoms with E-state index in [0.29, 0.717) is 15.1 Å². The van der Waals surface area contributed by atoms with Gasteiger partial charge >= 0.3 is 0 Å². The van der Waals surface area contributed by atoms with Gasteiger partial charge in [0.25, 0.3) is 5.91 Å². The molecule has 0 heterocycles. The van der Waals surface area contributed by atoms with Crippen LogP contribution in [0.5, 0.6) is 0 Å². The standard InChI is InChI=1S/C13H13BrClNO/c1-3-5-10(4-2)16-13(17)11-7-6-9(15)8-12(11)14/h2,6-8,10H,3,5H2,1H3,(H,16,17). The number of amides is 1. The van der Waals surface area contributed by atoms with Crippen molar-refractivity contribution in [1.82, 2.24) is 5.32 Å². The first-order chi connectivity index (χ1) is 8.08. The molecular weight excluding hydrogens is 302 g/mol. The van der Waals surface area contributed by atoms with Gasteiger partial charge in [-0.2, -0.15) is 0 Å². The summed E-state index contributed by atoms with van der Waals surface area (Å²) >= 11 is 9.11. The minimum atomic E-state index is -0.227. The molecule has 0 bridgehead atoms. The number of terminal acetylenes is 1. The highest BCUT2D eigenvalue weighted by Gasteiger charge is 2.13. The second-order valence-electron chi connectivity index (χ2n) is 3.61. The molecule has 1 aromatic carbocycles. The van der Waals surface area contributed by atoms with E-state index < -0.39 is 0 Å². The second-order valence-corrected chi connectivity index (χ2v) is 4.90. The molecule has 0 radical (unpaired) electrons. The normalized spacial score (nSPS) is 11.6. The fourth-order valence-electron chi connectivity index (χ4n) is 1.40. The van der Waals surface area contributed by atoms with Crippen LogP contribution >= 0.6 is 27.5 Å². The van der Waals surface area contributed by atoms with Crippen molar-refractivity contribution in [2.24, 2.45) is 0 Å². The molecule has 0 saturated heterocycles. The van der Waals surface area contributed by atoms with Gasteiger partial charge in [-0.1, -0.05) is 30.9 Å². The van der Waals surface area contributed by atoms with Gasteiger partial charge in [0.15, 0.2) is 0 Å². The van der Waals surface area contributed by atoms with Gasteiger partial charge in [-0.05, 0) is 40.5 Å². The highest BCUT2D eigenvalue weighted by Crippen LogP contribution is 2.21. The number of carbonyl (C=O) groups excluding carboxylic acids is 1. The van der Waals surface area contributed by atoms with E-state index in [-0.39, 0.29) is 11.9 Å². The summed E-state index contributed by atoms with van der Waals surface area (Å²) in [6.07, 6.45) is 7.05. The molecule has 1 aromatic rings. The Morgan fingerprint density at radius 3 is 2.88 bits per heavy atom. The maximum Gasteiger partial charge on any atom is 0.253 e. The Balaban J connectivity index is 2.79. The van der Waals surface area contributed by atoms with Crippen LogP contribution in [0.2, 0.25) is 5.02 Å². The van der Waals surface area contributed by atoms with E-state index in [1.807, 2.05) is 6.92 Å². The summed E-state index contributed by atoms with van der Waals surface area (Å²) in [5.74, 6) is 2.37. The van der Waals surface area contributed by atoms with Gasteiger partial charge in [0.1, 0.15) is 0 Å². The quantitative estimate of drug-likeness (QED) is 0.845. The van der Waals surface area contributed by atoms with Gasteiger partial charge in [0, 0.05) is 9.50 Å². The number of hydrogen-bond donors (Lipinski definition) is 1. The first-order valence-electron chi connectivity index (χ1n) is 5.30. The fourth-order valence-corrected chi connectivity index (χ4v) is 2.26. The van der Waals surface area contributed by atoms with Crippen molar-refractivity contribution in [3.63, 3.8) is 0 Å². The minimum Gasteiger partial charge on any atom is -0.338 e. The van der Waals surface area contributed by atoms with Crippen molar-refractivity contribution in [3.8, 4) is 12.3 Å². The van der Waals surface area contributed by atoms with Crippen LogP contribution < -0.4 is 5.32 Å². The van der Waals surface area contributed by atoms with Gasteiger partial charge in [-0.3, -0.25) is 4.79 Å². The zero-order chi connectivity index (χ0) is 12.8. The molecule has 1 rings (SSSR count). The van der Waals surface area contributed by atoms with Crippen molar-refractivity contribution in [2.45, 2.75) is 25.8 Å². The molecule has 0 saturated carbocycles. The van der Waals surface area contributed by atoms with E-state index in [9.17, 15) is 4.79 Å². The van der Waals surface area contributed by atoms with E-state index in [1.165, 1.54) is 0 Å². The molecule has 1 atom stereocenters. The largest absolute Gasteiger partial charge is 0.338 e. The summed E-state index contributed by atoms with van der Waals surface area (Å²) in [5.41, 5.74) is 0.533. The number of carbonyl (C=O) groups is 1. The Morgan fingerprint density at radius 1 is 1.65 bits per heavy atom. The van der Waals surface area contributed by atoms with Gasteiger partial charge in [0.2, 0.25) is 0 Å². The Kier molecular flexibility index (Phi) is 5.54. The predicted octanol–water partition coefficient (Wildman–Crippen LogP) is 3.63. The molecule has 90 valence electrons. The van der Waals surface area contributed by atoms with E-state index >= 15 is 0 Å². The Hall–Kier alpha value is -0.980. The molecule has 0 aliphatic carbocycles. The molecule has 0 aliphatic heterocycles. The first kappa shape index (κ1) is 14.1. The van der Waals surface area contributed by atoms with Crippen molar-refractivity contribution >= 4 is 33.4 Å². The SMILES string of the molecule is C#CC(CCC)NC(=O)c1ccc(Cl)cc1Br. The zero-order valence-corrected chi connectivity index (χ0v) is 11.8. The third kappa shape index (κ3) is 4.07. The lowest BCUT2D eigenvalue weighted by Crippen LogP contribution is -2.33. The van der Waals surface area contributed by atoms with Crippen LogP contribution in [0.1, 0.15) is 30.1 Å². The summed E-state index contributed by atoms with van der Waals surface area (Å²) in [6, 6.07) is 4.80. The number of halogens is 2. The van der Waals surface area contributed by atoms with Crippen LogP contribution in [0.25, 0.3) is 0 Å². The molecule has 0 fully saturated rings. The number of nitrogens with one attached hydrogen (secondary N) is 1. The third-order valence-electron chi connectivity index (χ3n) is 2.26. The number of rotatable bonds is 4. The fraction of sp³-hybridized carbons (Fsp3) is 0.308. The molecule has 0 spiro atoms. The Bertz CT molecular complexity index is 453. The number of hydrogen-bond acceptors (Lipinski definition) is 1. The molecule has 4 heteroatoms. The highest BCUT2D eigenvalue weighted by atomic mass is 79.9. The van der Waals surface area contributed by atoms with Crippen LogP contribution in [-0.2, 0) is 0 Å². The van der Waals surface area contributed by atoms with E-state index in [2.05, 4.69) is 27.2 Å². The first-order valence-corrected chi connectivity index (χ1v) is 6.47. The lowest BCUT2D eigenvalue weighted by atomic mass is 10.1. The monoisotopic (exact) mass is 313 g/mol. The summed E-state index contributed by atoms with van der Waals surface area (Å²) in [4.78, 5) is 11.9. The molecule has 0 aliphatic rings. The van der Waals surface area contributed by atoms with Crippen LogP contribution in [0.15, 0.2) is 22.7 Å². The second kappa shape index (κ2) is 6.68. The van der Waals surface area contributed by atoms with Crippen LogP contribution in [0.4, 0.5) is 0 Å². The summed E-state index contributed by atoms with van der Waals surface area (Å²) in [6.45, 7) is 2.02. The lowest BCUT2D eigenvalue weighted by Gasteiger charge is -2.12. The van der Waals surface area contributed by atoms with E-state index in [4.69, 9.17) is 18.0 Å². The van der Waals surface area contributed by atoms with Crippen molar-refractivity contribution in [1.29, 1.82) is 0 Å². The van der Waals surface area contributed by atoms with Crippen LogP contribution in [0, 0.1) is 12.3 Å². The Labute approximate surface area is 115 Å². The highest BCUT2D eigenvalue weighted by molar-refractivity contribution is 9.10. The van der Waals surface area contributed by atoms with E-state index in [1.54, 1.807) is 18.2 Å². The lowest BCUT2D eigenvalue weighted by molar-refractivity contribution is 0.0943. The molecular formula is C13H13BrClNO. The van der Waals surface area contributed by atoms with Crippen molar-refractivity contribution < 1.29 is 4.79 Å². The molecule has 0 aromatic heterocycles. The topological polar surface area (TPSA) is 29.1 Å². The maximum absolute atomic E-state index is 11.9. The van der Waals surface area contributed by atoms with Gasteiger partial charge in [-0.25, -0.2) is 0 Å². The minimum absolute atomic E-state index is 0.190. The summed E-state index contributed by atoms with van der Waals surface area (Å²) < 4.78 is 0.662. The molecule has 1 unspecified atom stereocenters. The predicted molar refractivity (Wildman–Crippen MR) is 74.1 cm³/mol. The van der Waals surface area contributed by atoms with Crippen LogP contribution in [0.3, 0.4) is 0 Å². The number of benzene rings is 1. The summed E-state index contributed by atoms with van der Waals surface area (Å²) in [5, 5.41) is 3.38. The van der Waals surface area contributed by atoms with Crippen molar-refractivity contribution in [2.75, 3.05) is 0 Å². The third-order valence-corrected chi connectivity index (χ3v) is 3.15. The molecule has 1 N–H and O–H groups in total. The average Bonchev–Trinajstić information content (AvgIpc) is 2.28. The molecule has 17 heavy (non-hydrogen) atoms. The molecule has 1 amide bonds. The van der Waals surface area contributed by atoms with Gasteiger partial charge < -0.3 is 5.32 Å². The van der Waals surface area contributed by atoms with Gasteiger partial charge in [-0.15, -0.1) is 6.42 Å². The van der Waals surface area contributed by atoms with Crippen molar-refractivity contribution in [3.05, 3.63) is 33.3 Å². The maximum atomic E-state index is 11.9. The average molecular weight is 315 g/mol. The molecule has 2 nitrogen and oxygen atoms in total. The Morgan fingerprint density at radius 2 is 2.35 bits per heavy atom. The van der Waals surface area contributed by atoms with Crippen LogP contribution in [-0.4, -0.2) is 11.9 Å². The van der Waals surface area contributed by atoms with Gasteiger partial charge in [0.05, 0.1) is 11.6 Å².